The quantitative estimate of drug-likeness (QED) is 0.827. The minimum atomic E-state index is -0.556. The zero-order chi connectivity index (χ0) is 20.2. The van der Waals surface area contributed by atoms with Crippen LogP contribution < -0.4 is 20.5 Å². The van der Waals surface area contributed by atoms with Crippen molar-refractivity contribution < 1.29 is 19.0 Å². The number of nitrogens with one attached hydrogen (secondary N) is 1. The summed E-state index contributed by atoms with van der Waals surface area (Å²) in [6, 6.07) is 7.58. The molecule has 29 heavy (non-hydrogen) atoms. The number of aromatic nitrogens is 1. The number of rotatable bonds is 3. The van der Waals surface area contributed by atoms with Crippen LogP contribution in [0, 0.1) is 12.3 Å². The van der Waals surface area contributed by atoms with Gasteiger partial charge in [-0.1, -0.05) is 0 Å². The molecule has 3 N–H and O–H groups in total. The first-order chi connectivity index (χ1) is 14.0. The molecule has 1 saturated carbocycles. The molecule has 3 aliphatic rings. The first-order valence-corrected chi connectivity index (χ1v) is 9.54. The van der Waals surface area contributed by atoms with Crippen molar-refractivity contribution in [2.45, 2.75) is 25.3 Å². The van der Waals surface area contributed by atoms with E-state index >= 15 is 0 Å². The number of pyridine rings is 1. The standard InChI is InChI=1S/C21H22N4O4/c1-12-7-14(27-2)9-23-17(12)18(26)24-13-3-4-16-15(8-13)21(11-29-19(22)25-21)20(5-6-20)10-28-16/h3-4,7-9H,5-6,10-11H2,1-2H3,(H2,22,25)(H,24,26). The molecule has 1 aromatic carbocycles. The van der Waals surface area contributed by atoms with Crippen molar-refractivity contribution in [3.05, 3.63) is 47.3 Å². The van der Waals surface area contributed by atoms with Gasteiger partial charge in [0.25, 0.3) is 11.9 Å². The molecule has 8 heteroatoms. The highest BCUT2D eigenvalue weighted by molar-refractivity contribution is 6.04. The van der Waals surface area contributed by atoms with Crippen LogP contribution in [0.2, 0.25) is 0 Å². The number of nitrogens with zero attached hydrogens (tertiary/aromatic N) is 2. The number of ether oxygens (including phenoxy) is 3. The normalized spacial score (nSPS) is 23.0. The molecule has 2 spiro atoms. The lowest BCUT2D eigenvalue weighted by atomic mass is 9.74. The predicted molar refractivity (Wildman–Crippen MR) is 106 cm³/mol. The minimum Gasteiger partial charge on any atom is -0.495 e. The molecule has 1 unspecified atom stereocenters. The average molecular weight is 394 g/mol. The van der Waals surface area contributed by atoms with Crippen molar-refractivity contribution >= 4 is 17.6 Å². The summed E-state index contributed by atoms with van der Waals surface area (Å²) in [5.41, 5.74) is 7.87. The Labute approximate surface area is 168 Å². The van der Waals surface area contributed by atoms with E-state index in [1.807, 2.05) is 25.1 Å². The Bertz CT molecular complexity index is 1050. The second kappa shape index (κ2) is 6.10. The fourth-order valence-electron chi connectivity index (χ4n) is 4.32. The van der Waals surface area contributed by atoms with Gasteiger partial charge >= 0.3 is 0 Å². The Morgan fingerprint density at radius 2 is 2.07 bits per heavy atom. The molecule has 1 aliphatic carbocycles. The lowest BCUT2D eigenvalue weighted by Gasteiger charge is -2.39. The summed E-state index contributed by atoms with van der Waals surface area (Å²) >= 11 is 0. The largest absolute Gasteiger partial charge is 0.495 e. The minimum absolute atomic E-state index is 0.0854. The van der Waals surface area contributed by atoms with Crippen molar-refractivity contribution in [2.24, 2.45) is 16.1 Å². The van der Waals surface area contributed by atoms with Crippen molar-refractivity contribution in [1.82, 2.24) is 4.98 Å². The third-order valence-corrected chi connectivity index (χ3v) is 6.15. The highest BCUT2D eigenvalue weighted by Crippen LogP contribution is 2.65. The van der Waals surface area contributed by atoms with Crippen molar-refractivity contribution in [2.75, 3.05) is 25.6 Å². The van der Waals surface area contributed by atoms with Gasteiger partial charge in [0, 0.05) is 16.7 Å². The molecule has 8 nitrogen and oxygen atoms in total. The van der Waals surface area contributed by atoms with Gasteiger partial charge in [0.05, 0.1) is 19.9 Å². The first-order valence-electron chi connectivity index (χ1n) is 9.54. The maximum absolute atomic E-state index is 12.8. The lowest BCUT2D eigenvalue weighted by Crippen LogP contribution is -2.44. The zero-order valence-electron chi connectivity index (χ0n) is 16.3. The van der Waals surface area contributed by atoms with Crippen LogP contribution in [0.25, 0.3) is 0 Å². The third-order valence-electron chi connectivity index (χ3n) is 6.15. The van der Waals surface area contributed by atoms with Gasteiger partial charge in [-0.3, -0.25) is 4.79 Å². The fraction of sp³-hybridized carbons (Fsp3) is 0.381. The topological polar surface area (TPSA) is 108 Å². The smallest absolute Gasteiger partial charge is 0.283 e. The first kappa shape index (κ1) is 17.8. The number of aryl methyl sites for hydroxylation is 1. The van der Waals surface area contributed by atoms with E-state index in [0.717, 1.165) is 29.7 Å². The molecule has 1 atom stereocenters. The van der Waals surface area contributed by atoms with Crippen LogP contribution in [-0.4, -0.2) is 37.2 Å². The molecular weight excluding hydrogens is 372 g/mol. The molecule has 0 radical (unpaired) electrons. The Morgan fingerprint density at radius 1 is 1.24 bits per heavy atom. The summed E-state index contributed by atoms with van der Waals surface area (Å²) in [6.07, 6.45) is 3.55. The maximum Gasteiger partial charge on any atom is 0.283 e. The summed E-state index contributed by atoms with van der Waals surface area (Å²) in [5, 5.41) is 2.93. The highest BCUT2D eigenvalue weighted by atomic mass is 16.5. The maximum atomic E-state index is 12.8. The number of carbonyl (C=O) groups is 1. The Kier molecular flexibility index (Phi) is 3.74. The summed E-state index contributed by atoms with van der Waals surface area (Å²) in [4.78, 5) is 21.7. The number of amidine groups is 1. The van der Waals surface area contributed by atoms with Gasteiger partial charge < -0.3 is 25.3 Å². The number of aliphatic imine (C=N–C) groups is 1. The molecule has 1 amide bonds. The van der Waals surface area contributed by atoms with Crippen molar-refractivity contribution in [1.29, 1.82) is 0 Å². The summed E-state index contributed by atoms with van der Waals surface area (Å²) in [7, 11) is 1.57. The van der Waals surface area contributed by atoms with Gasteiger partial charge in [-0.25, -0.2) is 9.98 Å². The van der Waals surface area contributed by atoms with Gasteiger partial charge in [0.2, 0.25) is 0 Å². The van der Waals surface area contributed by atoms with Gasteiger partial charge in [-0.15, -0.1) is 0 Å². The van der Waals surface area contributed by atoms with E-state index in [4.69, 9.17) is 24.9 Å². The zero-order valence-corrected chi connectivity index (χ0v) is 16.3. The van der Waals surface area contributed by atoms with Gasteiger partial charge in [0.15, 0.2) is 0 Å². The second-order valence-corrected chi connectivity index (χ2v) is 7.87. The van der Waals surface area contributed by atoms with E-state index in [1.54, 1.807) is 13.2 Å². The molecule has 0 saturated heterocycles. The number of methoxy groups -OCH3 is 1. The van der Waals surface area contributed by atoms with Crippen LogP contribution >= 0.6 is 0 Å². The number of hydrogen-bond acceptors (Lipinski definition) is 7. The van der Waals surface area contributed by atoms with E-state index in [-0.39, 0.29) is 17.3 Å². The summed E-state index contributed by atoms with van der Waals surface area (Å²) < 4.78 is 16.7. The van der Waals surface area contributed by atoms with Crippen molar-refractivity contribution in [3.8, 4) is 11.5 Å². The van der Waals surface area contributed by atoms with Crippen molar-refractivity contribution in [3.63, 3.8) is 0 Å². The SMILES string of the molecule is COc1cnc(C(=O)Nc2ccc3c(c2)C2(COC(N)=N2)C2(CC2)CO3)c(C)c1. The number of nitrogens with two attached hydrogens (primary N) is 1. The van der Waals surface area contributed by atoms with Crippen LogP contribution in [-0.2, 0) is 10.3 Å². The third kappa shape index (κ3) is 2.62. The van der Waals surface area contributed by atoms with Crippen LogP contribution in [0.15, 0.2) is 35.5 Å². The summed E-state index contributed by atoms with van der Waals surface area (Å²) in [5.74, 6) is 1.07. The number of hydrogen-bond donors (Lipinski definition) is 2. The molecule has 5 rings (SSSR count). The highest BCUT2D eigenvalue weighted by Gasteiger charge is 2.66. The molecule has 1 fully saturated rings. The van der Waals surface area contributed by atoms with E-state index in [2.05, 4.69) is 10.3 Å². The monoisotopic (exact) mass is 394 g/mol. The second-order valence-electron chi connectivity index (χ2n) is 7.87. The Morgan fingerprint density at radius 3 is 2.72 bits per heavy atom. The predicted octanol–water partition coefficient (Wildman–Crippen LogP) is 2.36. The molecule has 2 aliphatic heterocycles. The molecular formula is C21H22N4O4. The van der Waals surface area contributed by atoms with Gasteiger partial charge in [-0.05, 0) is 49.6 Å². The van der Waals surface area contributed by atoms with E-state index in [9.17, 15) is 4.79 Å². The molecule has 0 bridgehead atoms. The van der Waals surface area contributed by atoms with E-state index < -0.39 is 5.54 Å². The van der Waals surface area contributed by atoms with Crippen LogP contribution in [0.3, 0.4) is 0 Å². The molecule has 1 aromatic heterocycles. The van der Waals surface area contributed by atoms with E-state index in [0.29, 0.717) is 30.3 Å². The number of anilines is 1. The molecule has 3 heterocycles. The number of fused-ring (bicyclic) bond motifs is 3. The van der Waals surface area contributed by atoms with E-state index in [1.165, 1.54) is 6.20 Å². The number of carbonyl (C=O) groups excluding carboxylic acids is 1. The van der Waals surface area contributed by atoms with Gasteiger partial charge in [0.1, 0.15) is 29.3 Å². The van der Waals surface area contributed by atoms with Crippen LogP contribution in [0.1, 0.15) is 34.5 Å². The van der Waals surface area contributed by atoms with Crippen LogP contribution in [0.4, 0.5) is 5.69 Å². The average Bonchev–Trinajstić information content (AvgIpc) is 3.40. The summed E-state index contributed by atoms with van der Waals surface area (Å²) in [6.45, 7) is 2.82. The Balaban J connectivity index is 1.48. The molecule has 2 aromatic rings. The Hall–Kier alpha value is -3.29. The van der Waals surface area contributed by atoms with Crippen LogP contribution in [0.5, 0.6) is 11.5 Å². The fourth-order valence-corrected chi connectivity index (χ4v) is 4.32. The molecule has 150 valence electrons. The number of benzene rings is 1. The lowest BCUT2D eigenvalue weighted by molar-refractivity contribution is 0.0871. The number of amides is 1. The van der Waals surface area contributed by atoms with Gasteiger partial charge in [-0.2, -0.15) is 0 Å².